The minimum absolute atomic E-state index is 0.00145. The van der Waals surface area contributed by atoms with Gasteiger partial charge in [-0.3, -0.25) is 14.4 Å². The summed E-state index contributed by atoms with van der Waals surface area (Å²) < 4.78 is 5.90. The van der Waals surface area contributed by atoms with Gasteiger partial charge in [-0.1, -0.05) is 91.4 Å². The zero-order valence-corrected chi connectivity index (χ0v) is 23.6. The third-order valence-corrected chi connectivity index (χ3v) is 7.95. The van der Waals surface area contributed by atoms with Crippen molar-refractivity contribution in [2.75, 3.05) is 0 Å². The molecule has 0 aromatic carbocycles. The molecule has 0 unspecified atom stereocenters. The Kier molecular flexibility index (Phi) is 14.9. The fourth-order valence-electron chi connectivity index (χ4n) is 5.59. The summed E-state index contributed by atoms with van der Waals surface area (Å²) in [5, 5.41) is 0.622. The van der Waals surface area contributed by atoms with Gasteiger partial charge in [0.25, 0.3) is 11.8 Å². The minimum atomic E-state index is -0.501. The van der Waals surface area contributed by atoms with Gasteiger partial charge in [0.2, 0.25) is 0 Å². The van der Waals surface area contributed by atoms with Crippen LogP contribution in [-0.4, -0.2) is 34.9 Å². The van der Waals surface area contributed by atoms with Gasteiger partial charge in [-0.25, -0.2) is 4.79 Å². The molecule has 1 aliphatic carbocycles. The van der Waals surface area contributed by atoms with Crippen LogP contribution in [0.2, 0.25) is 0 Å². The third kappa shape index (κ3) is 12.4. The number of carbonyl (C=O) groups is 4. The van der Waals surface area contributed by atoms with E-state index in [9.17, 15) is 19.2 Å². The summed E-state index contributed by atoms with van der Waals surface area (Å²) in [6.07, 6.45) is 18.0. The van der Waals surface area contributed by atoms with Crippen molar-refractivity contribution in [1.29, 1.82) is 0 Å². The van der Waals surface area contributed by atoms with E-state index in [4.69, 9.17) is 9.57 Å². The van der Waals surface area contributed by atoms with Crippen molar-refractivity contribution >= 4 is 23.8 Å². The molecule has 2 fully saturated rings. The third-order valence-electron chi connectivity index (χ3n) is 7.95. The van der Waals surface area contributed by atoms with E-state index >= 15 is 0 Å². The first-order valence-electron chi connectivity index (χ1n) is 15.0. The van der Waals surface area contributed by atoms with Gasteiger partial charge in [0.05, 0.1) is 0 Å². The van der Waals surface area contributed by atoms with Gasteiger partial charge in [0.1, 0.15) is 6.10 Å². The van der Waals surface area contributed by atoms with Crippen LogP contribution >= 0.6 is 0 Å². The second-order valence-corrected chi connectivity index (χ2v) is 11.6. The first-order valence-corrected chi connectivity index (χ1v) is 15.0. The van der Waals surface area contributed by atoms with Crippen LogP contribution in [0, 0.1) is 17.8 Å². The SMILES string of the molecule is CC(C)[C@@H]1CC[C@@H](C)C[C@H]1OC(=O)CCCCCCCCCCCCCCC(=O)ON1C(=O)CCC1=O. The zero-order valence-electron chi connectivity index (χ0n) is 23.6. The van der Waals surface area contributed by atoms with Gasteiger partial charge in [0, 0.05) is 25.7 Å². The van der Waals surface area contributed by atoms with Crippen LogP contribution in [0.4, 0.5) is 0 Å². The molecule has 7 nitrogen and oxygen atoms in total. The summed E-state index contributed by atoms with van der Waals surface area (Å²) in [5.41, 5.74) is 0. The molecule has 1 saturated carbocycles. The van der Waals surface area contributed by atoms with E-state index in [1.54, 1.807) is 0 Å². The highest BCUT2D eigenvalue weighted by molar-refractivity contribution is 6.01. The normalized spacial score (nSPS) is 22.1. The van der Waals surface area contributed by atoms with Gasteiger partial charge >= 0.3 is 11.9 Å². The lowest BCUT2D eigenvalue weighted by molar-refractivity contribution is -0.197. The van der Waals surface area contributed by atoms with Crippen LogP contribution < -0.4 is 0 Å². The molecule has 1 heterocycles. The van der Waals surface area contributed by atoms with E-state index in [1.165, 1.54) is 51.4 Å². The quantitative estimate of drug-likeness (QED) is 0.109. The Labute approximate surface area is 224 Å². The molecule has 0 bridgehead atoms. The Bertz CT molecular complexity index is 705. The molecule has 0 N–H and O–H groups in total. The Hall–Kier alpha value is -1.92. The molecular weight excluding hydrogens is 470 g/mol. The van der Waals surface area contributed by atoms with E-state index in [1.807, 2.05) is 0 Å². The van der Waals surface area contributed by atoms with Gasteiger partial charge in [-0.2, -0.15) is 0 Å². The number of carbonyl (C=O) groups excluding carboxylic acids is 4. The first-order chi connectivity index (χ1) is 17.8. The number of ether oxygens (including phenoxy) is 1. The van der Waals surface area contributed by atoms with E-state index in [2.05, 4.69) is 20.8 Å². The predicted octanol–water partition coefficient (Wildman–Crippen LogP) is 7.06. The smallest absolute Gasteiger partial charge is 0.333 e. The molecule has 0 spiro atoms. The fraction of sp³-hybridized carbons (Fsp3) is 0.867. The number of unbranched alkanes of at least 4 members (excludes halogenated alkanes) is 11. The topological polar surface area (TPSA) is 90.0 Å². The molecule has 0 aromatic heterocycles. The van der Waals surface area contributed by atoms with Crippen molar-refractivity contribution in [2.45, 2.75) is 149 Å². The maximum Gasteiger partial charge on any atom is 0.333 e. The molecule has 7 heteroatoms. The Balaban J connectivity index is 1.35. The molecule has 0 radical (unpaired) electrons. The monoisotopic (exact) mass is 521 g/mol. The molecular formula is C30H51NO6. The maximum atomic E-state index is 12.3. The van der Waals surface area contributed by atoms with Crippen LogP contribution in [0.15, 0.2) is 0 Å². The fourth-order valence-corrected chi connectivity index (χ4v) is 5.59. The van der Waals surface area contributed by atoms with Gasteiger partial charge in [-0.15, -0.1) is 5.06 Å². The standard InChI is InChI=1S/C30H51NO6/c1-23(2)25-19-18-24(3)22-26(25)36-29(34)16-14-12-10-8-6-4-5-7-9-11-13-15-17-30(35)37-31-27(32)20-21-28(31)33/h23-26H,4-22H2,1-3H3/t24-,25+,26-/m1/s1. The summed E-state index contributed by atoms with van der Waals surface area (Å²) in [6.45, 7) is 6.76. The number of imide groups is 1. The zero-order chi connectivity index (χ0) is 27.0. The molecule has 37 heavy (non-hydrogen) atoms. The number of hydrogen-bond acceptors (Lipinski definition) is 6. The Morgan fingerprint density at radius 1 is 0.757 bits per heavy atom. The lowest BCUT2D eigenvalue weighted by atomic mass is 9.75. The van der Waals surface area contributed by atoms with Gasteiger partial charge in [0.15, 0.2) is 0 Å². The van der Waals surface area contributed by atoms with Crippen molar-refractivity contribution in [3.8, 4) is 0 Å². The molecule has 2 amide bonds. The lowest BCUT2D eigenvalue weighted by Crippen LogP contribution is -2.35. The summed E-state index contributed by atoms with van der Waals surface area (Å²) in [5.74, 6) is 0.391. The number of esters is 1. The van der Waals surface area contributed by atoms with Crippen molar-refractivity contribution in [3.63, 3.8) is 0 Å². The number of nitrogens with zero attached hydrogens (tertiary/aromatic N) is 1. The van der Waals surface area contributed by atoms with E-state index in [0.29, 0.717) is 29.2 Å². The highest BCUT2D eigenvalue weighted by Crippen LogP contribution is 2.35. The molecule has 2 rings (SSSR count). The summed E-state index contributed by atoms with van der Waals surface area (Å²) in [6, 6.07) is 0. The lowest BCUT2D eigenvalue weighted by Gasteiger charge is -2.36. The first kappa shape index (κ1) is 31.3. The van der Waals surface area contributed by atoms with Crippen molar-refractivity contribution in [2.24, 2.45) is 17.8 Å². The molecule has 3 atom stereocenters. The highest BCUT2D eigenvalue weighted by atomic mass is 16.7. The molecule has 212 valence electrons. The van der Waals surface area contributed by atoms with Crippen molar-refractivity contribution in [1.82, 2.24) is 5.06 Å². The predicted molar refractivity (Wildman–Crippen MR) is 143 cm³/mol. The average Bonchev–Trinajstić information content (AvgIpc) is 3.16. The number of rotatable bonds is 18. The molecule has 1 aliphatic heterocycles. The summed E-state index contributed by atoms with van der Waals surface area (Å²) in [4.78, 5) is 51.9. The van der Waals surface area contributed by atoms with Crippen LogP contribution in [0.25, 0.3) is 0 Å². The van der Waals surface area contributed by atoms with Crippen LogP contribution in [0.5, 0.6) is 0 Å². The van der Waals surface area contributed by atoms with Gasteiger partial charge < -0.3 is 9.57 Å². The second-order valence-electron chi connectivity index (χ2n) is 11.6. The van der Waals surface area contributed by atoms with Crippen LogP contribution in [0.1, 0.15) is 143 Å². The average molecular weight is 522 g/mol. The van der Waals surface area contributed by atoms with Gasteiger partial charge in [-0.05, 0) is 43.4 Å². The molecule has 0 aromatic rings. The largest absolute Gasteiger partial charge is 0.462 e. The summed E-state index contributed by atoms with van der Waals surface area (Å²) in [7, 11) is 0. The minimum Gasteiger partial charge on any atom is -0.462 e. The number of hydroxylamine groups is 2. The van der Waals surface area contributed by atoms with E-state index in [-0.39, 0.29) is 31.3 Å². The Morgan fingerprint density at radius 3 is 1.70 bits per heavy atom. The van der Waals surface area contributed by atoms with Crippen LogP contribution in [-0.2, 0) is 28.8 Å². The Morgan fingerprint density at radius 2 is 1.22 bits per heavy atom. The maximum absolute atomic E-state index is 12.3. The second kappa shape index (κ2) is 17.6. The number of amides is 2. The van der Waals surface area contributed by atoms with Crippen molar-refractivity contribution in [3.05, 3.63) is 0 Å². The molecule has 2 aliphatic rings. The van der Waals surface area contributed by atoms with Crippen LogP contribution in [0.3, 0.4) is 0 Å². The van der Waals surface area contributed by atoms with E-state index < -0.39 is 17.8 Å². The highest BCUT2D eigenvalue weighted by Gasteiger charge is 2.33. The summed E-state index contributed by atoms with van der Waals surface area (Å²) >= 11 is 0. The van der Waals surface area contributed by atoms with E-state index in [0.717, 1.165) is 44.9 Å². The molecule has 1 saturated heterocycles. The van der Waals surface area contributed by atoms with Crippen molar-refractivity contribution < 1.29 is 28.8 Å². The number of hydrogen-bond donors (Lipinski definition) is 0.